The van der Waals surface area contributed by atoms with Gasteiger partial charge >= 0.3 is 0 Å². The molecular weight excluding hydrogens is 296 g/mol. The molecule has 0 bridgehead atoms. The van der Waals surface area contributed by atoms with Gasteiger partial charge in [0.05, 0.1) is 12.0 Å². The molecule has 0 amide bonds. The molecule has 0 spiro atoms. The first-order valence-electron chi connectivity index (χ1n) is 5.91. The van der Waals surface area contributed by atoms with Gasteiger partial charge in [0.1, 0.15) is 5.75 Å². The zero-order valence-corrected chi connectivity index (χ0v) is 13.4. The fourth-order valence-corrected chi connectivity index (χ4v) is 4.16. The first-order valence-corrected chi connectivity index (χ1v) is 8.23. The predicted octanol–water partition coefficient (Wildman–Crippen LogP) is 2.59. The van der Waals surface area contributed by atoms with Crippen LogP contribution in [-0.4, -0.2) is 27.6 Å². The molecule has 7 heteroatoms. The van der Waals surface area contributed by atoms with Crippen LogP contribution < -0.4 is 9.04 Å². The molecule has 1 aromatic carbocycles. The zero-order valence-electron chi connectivity index (χ0n) is 11.7. The Morgan fingerprint density at radius 1 is 1.25 bits per heavy atom. The van der Waals surface area contributed by atoms with Crippen molar-refractivity contribution >= 4 is 26.5 Å². The summed E-state index contributed by atoms with van der Waals surface area (Å²) in [6.45, 7) is 3.57. The minimum Gasteiger partial charge on any atom is -0.496 e. The first-order chi connectivity index (χ1) is 9.37. The van der Waals surface area contributed by atoms with Gasteiger partial charge in [0, 0.05) is 18.6 Å². The van der Waals surface area contributed by atoms with E-state index in [1.807, 2.05) is 6.92 Å². The van der Waals surface area contributed by atoms with Gasteiger partial charge in [-0.05, 0) is 37.1 Å². The van der Waals surface area contributed by atoms with E-state index < -0.39 is 10.0 Å². The third-order valence-corrected chi connectivity index (χ3v) is 5.87. The molecule has 0 saturated heterocycles. The van der Waals surface area contributed by atoms with Crippen LogP contribution in [0.15, 0.2) is 28.6 Å². The minimum atomic E-state index is -3.61. The number of hydrogen-bond acceptors (Lipinski definition) is 5. The lowest BCUT2D eigenvalue weighted by molar-refractivity contribution is 0.411. The van der Waals surface area contributed by atoms with Crippen LogP contribution in [0.4, 0.5) is 5.13 Å². The SMILES string of the molecule is COc1cc(C)c(S(=O)(=O)N(C)c2nccs2)cc1C. The zero-order chi connectivity index (χ0) is 14.9. The fraction of sp³-hybridized carbons (Fsp3) is 0.308. The van der Waals surface area contributed by atoms with Gasteiger partial charge in [-0.1, -0.05) is 0 Å². The molecule has 1 heterocycles. The number of ether oxygens (including phenoxy) is 1. The van der Waals surface area contributed by atoms with Crippen LogP contribution >= 0.6 is 11.3 Å². The summed E-state index contributed by atoms with van der Waals surface area (Å²) in [5.74, 6) is 0.679. The number of anilines is 1. The molecule has 108 valence electrons. The van der Waals surface area contributed by atoms with E-state index in [4.69, 9.17) is 4.74 Å². The molecule has 0 aliphatic carbocycles. The first kappa shape index (κ1) is 14.8. The number of sulfonamides is 1. The van der Waals surface area contributed by atoms with Crippen molar-refractivity contribution in [1.82, 2.24) is 4.98 Å². The molecule has 0 saturated carbocycles. The Balaban J connectivity index is 2.52. The standard InChI is InChI=1S/C13H16N2O3S2/c1-9-8-12(10(2)7-11(9)18-4)20(16,17)15(3)13-14-5-6-19-13/h5-8H,1-4H3. The van der Waals surface area contributed by atoms with Crippen LogP contribution in [0.2, 0.25) is 0 Å². The van der Waals surface area contributed by atoms with Crippen LogP contribution in [0, 0.1) is 13.8 Å². The van der Waals surface area contributed by atoms with Gasteiger partial charge in [0.25, 0.3) is 10.0 Å². The van der Waals surface area contributed by atoms with Gasteiger partial charge < -0.3 is 4.74 Å². The van der Waals surface area contributed by atoms with Crippen LogP contribution in [-0.2, 0) is 10.0 Å². The number of benzene rings is 1. The molecular formula is C13H16N2O3S2. The quantitative estimate of drug-likeness (QED) is 0.870. The van der Waals surface area contributed by atoms with Crippen LogP contribution in [0.3, 0.4) is 0 Å². The fourth-order valence-electron chi connectivity index (χ4n) is 1.88. The number of hydrogen-bond donors (Lipinski definition) is 0. The van der Waals surface area contributed by atoms with Crippen molar-refractivity contribution in [3.63, 3.8) is 0 Å². The smallest absolute Gasteiger partial charge is 0.266 e. The summed E-state index contributed by atoms with van der Waals surface area (Å²) in [5, 5.41) is 2.19. The van der Waals surface area contributed by atoms with E-state index in [1.54, 1.807) is 37.7 Å². The van der Waals surface area contributed by atoms with E-state index in [1.165, 1.54) is 22.7 Å². The maximum absolute atomic E-state index is 12.7. The molecule has 2 aromatic rings. The Morgan fingerprint density at radius 2 is 1.95 bits per heavy atom. The van der Waals surface area contributed by atoms with Crippen molar-refractivity contribution < 1.29 is 13.2 Å². The number of methoxy groups -OCH3 is 1. The molecule has 5 nitrogen and oxygen atoms in total. The molecule has 0 aliphatic heterocycles. The lowest BCUT2D eigenvalue weighted by Crippen LogP contribution is -2.27. The predicted molar refractivity (Wildman–Crippen MR) is 80.2 cm³/mol. The number of aromatic nitrogens is 1. The average Bonchev–Trinajstić information content (AvgIpc) is 2.93. The molecule has 20 heavy (non-hydrogen) atoms. The molecule has 1 aromatic heterocycles. The Bertz CT molecular complexity index is 709. The van der Waals surface area contributed by atoms with Crippen LogP contribution in [0.25, 0.3) is 0 Å². The highest BCUT2D eigenvalue weighted by atomic mass is 32.2. The molecule has 2 rings (SSSR count). The van der Waals surface area contributed by atoms with E-state index in [-0.39, 0.29) is 4.90 Å². The largest absolute Gasteiger partial charge is 0.496 e. The number of aryl methyl sites for hydroxylation is 2. The third-order valence-electron chi connectivity index (χ3n) is 3.02. The van der Waals surface area contributed by atoms with Crippen molar-refractivity contribution in [3.8, 4) is 5.75 Å². The highest BCUT2D eigenvalue weighted by Gasteiger charge is 2.25. The minimum absolute atomic E-state index is 0.272. The van der Waals surface area contributed by atoms with Crippen molar-refractivity contribution in [1.29, 1.82) is 0 Å². The van der Waals surface area contributed by atoms with Gasteiger partial charge in [-0.15, -0.1) is 11.3 Å². The summed E-state index contributed by atoms with van der Waals surface area (Å²) in [4.78, 5) is 4.31. The van der Waals surface area contributed by atoms with Crippen molar-refractivity contribution in [3.05, 3.63) is 34.8 Å². The number of rotatable bonds is 4. The lowest BCUT2D eigenvalue weighted by atomic mass is 10.1. The highest BCUT2D eigenvalue weighted by molar-refractivity contribution is 7.93. The van der Waals surface area contributed by atoms with Gasteiger partial charge in [-0.2, -0.15) is 0 Å². The maximum atomic E-state index is 12.7. The molecule has 0 unspecified atom stereocenters. The molecule has 0 atom stereocenters. The van der Waals surface area contributed by atoms with Crippen molar-refractivity contribution in [2.75, 3.05) is 18.5 Å². The van der Waals surface area contributed by atoms with E-state index in [2.05, 4.69) is 4.98 Å². The van der Waals surface area contributed by atoms with Crippen LogP contribution in [0.5, 0.6) is 5.75 Å². The molecule has 0 radical (unpaired) electrons. The van der Waals surface area contributed by atoms with E-state index in [0.29, 0.717) is 16.4 Å². The van der Waals surface area contributed by atoms with Gasteiger partial charge in [-0.3, -0.25) is 0 Å². The van der Waals surface area contributed by atoms with E-state index in [9.17, 15) is 8.42 Å². The summed E-state index contributed by atoms with van der Waals surface area (Å²) in [6, 6.07) is 3.37. The lowest BCUT2D eigenvalue weighted by Gasteiger charge is -2.19. The summed E-state index contributed by atoms with van der Waals surface area (Å²) >= 11 is 1.28. The maximum Gasteiger partial charge on any atom is 0.266 e. The second-order valence-electron chi connectivity index (χ2n) is 4.37. The van der Waals surface area contributed by atoms with Gasteiger partial charge in [-0.25, -0.2) is 17.7 Å². The monoisotopic (exact) mass is 312 g/mol. The number of nitrogens with zero attached hydrogens (tertiary/aromatic N) is 2. The highest BCUT2D eigenvalue weighted by Crippen LogP contribution is 2.29. The van der Waals surface area contributed by atoms with Crippen molar-refractivity contribution in [2.24, 2.45) is 0 Å². The molecule has 0 N–H and O–H groups in total. The summed E-state index contributed by atoms with van der Waals surface area (Å²) < 4.78 is 31.7. The van der Waals surface area contributed by atoms with E-state index in [0.717, 1.165) is 5.56 Å². The normalized spacial score (nSPS) is 11.4. The summed E-state index contributed by atoms with van der Waals surface area (Å²) in [6.07, 6.45) is 1.58. The summed E-state index contributed by atoms with van der Waals surface area (Å²) in [5.41, 5.74) is 1.43. The Morgan fingerprint density at radius 3 is 2.50 bits per heavy atom. The molecule has 0 aliphatic rings. The Labute approximate surface area is 122 Å². The van der Waals surface area contributed by atoms with Gasteiger partial charge in [0.15, 0.2) is 5.13 Å². The average molecular weight is 312 g/mol. The second kappa shape index (κ2) is 5.41. The number of thiazole rings is 1. The van der Waals surface area contributed by atoms with E-state index >= 15 is 0 Å². The van der Waals surface area contributed by atoms with Gasteiger partial charge in [0.2, 0.25) is 0 Å². The van der Waals surface area contributed by atoms with Crippen LogP contribution in [0.1, 0.15) is 11.1 Å². The summed E-state index contributed by atoms with van der Waals surface area (Å²) in [7, 11) is -0.540. The Kier molecular flexibility index (Phi) is 4.01. The van der Waals surface area contributed by atoms with Crippen molar-refractivity contribution in [2.45, 2.75) is 18.7 Å². The third kappa shape index (κ3) is 2.51. The topological polar surface area (TPSA) is 59.5 Å². The molecule has 0 fully saturated rings. The Hall–Kier alpha value is -1.60. The second-order valence-corrected chi connectivity index (χ2v) is 7.19.